The Labute approximate surface area is 413 Å². The van der Waals surface area contributed by atoms with Crippen molar-refractivity contribution in [2.45, 2.75) is 245 Å². The lowest BCUT2D eigenvalue weighted by Crippen LogP contribution is -2.37. The molecule has 0 saturated carbocycles. The highest BCUT2D eigenvalue weighted by atomic mass is 31.2. The Balaban J connectivity index is 4.13. The lowest BCUT2D eigenvalue weighted by Gasteiger charge is -2.24. The SMILES string of the molecule is CCCC/C=C\C/C=C\CCCCCCCC(=O)OCC(COP(=O)(O)OCC[N+](C)(C)C)OC(=O)CCCCCCCCCCCCCCCC/C=C\C/C=C\C/C=C\CCCCCCC. The molecule has 0 aliphatic rings. The first-order chi connectivity index (χ1) is 32.5. The van der Waals surface area contributed by atoms with Crippen molar-refractivity contribution in [1.29, 1.82) is 0 Å². The molecule has 0 heterocycles. The maximum Gasteiger partial charge on any atom is 0.472 e. The molecular formula is C57H105NO8P+. The molecule has 0 aromatic heterocycles. The fourth-order valence-corrected chi connectivity index (χ4v) is 8.19. The van der Waals surface area contributed by atoms with Gasteiger partial charge in [-0.05, 0) is 77.0 Å². The van der Waals surface area contributed by atoms with Gasteiger partial charge in [0.2, 0.25) is 0 Å². The number of carbonyl (C=O) groups excluding carboxylic acids is 2. The van der Waals surface area contributed by atoms with Crippen molar-refractivity contribution >= 4 is 19.8 Å². The highest BCUT2D eigenvalue weighted by Gasteiger charge is 2.27. The Morgan fingerprint density at radius 2 is 0.821 bits per heavy atom. The van der Waals surface area contributed by atoms with Crippen LogP contribution in [0.15, 0.2) is 60.8 Å². The van der Waals surface area contributed by atoms with E-state index in [-0.39, 0.29) is 32.0 Å². The molecular weight excluding hydrogens is 858 g/mol. The van der Waals surface area contributed by atoms with Crippen LogP contribution in [0.5, 0.6) is 0 Å². The maximum atomic E-state index is 12.8. The smallest absolute Gasteiger partial charge is 0.462 e. The van der Waals surface area contributed by atoms with Gasteiger partial charge >= 0.3 is 19.8 Å². The summed E-state index contributed by atoms with van der Waals surface area (Å²) in [7, 11) is 1.47. The van der Waals surface area contributed by atoms with Crippen molar-refractivity contribution in [3.63, 3.8) is 0 Å². The molecule has 67 heavy (non-hydrogen) atoms. The van der Waals surface area contributed by atoms with Crippen LogP contribution in [0.1, 0.15) is 239 Å². The Morgan fingerprint density at radius 1 is 0.463 bits per heavy atom. The second-order valence-electron chi connectivity index (χ2n) is 19.6. The number of phosphoric acid groups is 1. The molecule has 0 bridgehead atoms. The first-order valence-electron chi connectivity index (χ1n) is 27.5. The molecule has 0 aliphatic heterocycles. The molecule has 0 aliphatic carbocycles. The number of phosphoric ester groups is 1. The van der Waals surface area contributed by atoms with Gasteiger partial charge in [0.25, 0.3) is 0 Å². The number of ether oxygens (including phenoxy) is 2. The van der Waals surface area contributed by atoms with Crippen LogP contribution in [0.2, 0.25) is 0 Å². The summed E-state index contributed by atoms with van der Waals surface area (Å²) in [4.78, 5) is 35.6. The van der Waals surface area contributed by atoms with Gasteiger partial charge in [-0.2, -0.15) is 0 Å². The number of nitrogens with zero attached hydrogens (tertiary/aromatic N) is 1. The van der Waals surface area contributed by atoms with Crippen LogP contribution >= 0.6 is 7.82 Å². The predicted molar refractivity (Wildman–Crippen MR) is 284 cm³/mol. The molecule has 2 atom stereocenters. The van der Waals surface area contributed by atoms with Gasteiger partial charge in [-0.25, -0.2) is 4.57 Å². The number of rotatable bonds is 50. The van der Waals surface area contributed by atoms with Crippen molar-refractivity contribution in [2.24, 2.45) is 0 Å². The number of likely N-dealkylation sites (N-methyl/N-ethyl adjacent to an activating group) is 1. The standard InChI is InChI=1S/C57H104NO8P/c1-6-8-10-12-14-16-18-20-22-23-24-25-26-27-28-29-30-31-32-33-34-35-36-38-40-42-44-46-48-50-57(60)66-55(54-65-67(61,62)64-52-51-58(3,4)5)53-63-56(59)49-47-45-43-41-39-37-21-19-17-15-13-11-9-7-2/h13,15,18-21,23-24,26-27,55H,6-12,14,16-17,22,25,28-54H2,1-5H3/p+1/b15-13-,20-18-,21-19-,24-23-,27-26-. The van der Waals surface area contributed by atoms with Crippen LogP contribution in [0, 0.1) is 0 Å². The number of unbranched alkanes of at least 4 members (excludes halogenated alkanes) is 26. The van der Waals surface area contributed by atoms with E-state index in [4.69, 9.17) is 18.5 Å². The molecule has 9 nitrogen and oxygen atoms in total. The van der Waals surface area contributed by atoms with Gasteiger partial charge in [0, 0.05) is 12.8 Å². The van der Waals surface area contributed by atoms with Crippen LogP contribution in [-0.2, 0) is 32.7 Å². The number of hydrogen-bond donors (Lipinski definition) is 1. The molecule has 0 fully saturated rings. The van der Waals surface area contributed by atoms with E-state index in [1.165, 1.54) is 122 Å². The summed E-state index contributed by atoms with van der Waals surface area (Å²) >= 11 is 0. The van der Waals surface area contributed by atoms with Crippen molar-refractivity contribution in [1.82, 2.24) is 0 Å². The second-order valence-corrected chi connectivity index (χ2v) is 21.1. The molecule has 2 unspecified atom stereocenters. The normalized spacial score (nSPS) is 13.8. The van der Waals surface area contributed by atoms with Gasteiger partial charge < -0.3 is 18.9 Å². The monoisotopic (exact) mass is 963 g/mol. The van der Waals surface area contributed by atoms with E-state index in [0.29, 0.717) is 17.4 Å². The molecule has 1 N–H and O–H groups in total. The fraction of sp³-hybridized carbons (Fsp3) is 0.789. The van der Waals surface area contributed by atoms with Gasteiger partial charge in [0.1, 0.15) is 19.8 Å². The molecule has 0 amide bonds. The predicted octanol–water partition coefficient (Wildman–Crippen LogP) is 16.8. The molecule has 10 heteroatoms. The minimum absolute atomic E-state index is 0.0278. The Hall–Kier alpha value is -2.29. The van der Waals surface area contributed by atoms with Gasteiger partial charge in [-0.15, -0.1) is 0 Å². The number of carbonyl (C=O) groups is 2. The lowest BCUT2D eigenvalue weighted by atomic mass is 10.0. The van der Waals surface area contributed by atoms with E-state index >= 15 is 0 Å². The summed E-state index contributed by atoms with van der Waals surface area (Å²) < 4.78 is 34.5. The summed E-state index contributed by atoms with van der Waals surface area (Å²) in [6.07, 6.45) is 61.4. The molecule has 390 valence electrons. The summed E-state index contributed by atoms with van der Waals surface area (Å²) in [6.45, 7) is 4.37. The van der Waals surface area contributed by atoms with Gasteiger partial charge in [0.05, 0.1) is 27.7 Å². The Morgan fingerprint density at radius 3 is 1.24 bits per heavy atom. The van der Waals surface area contributed by atoms with Crippen LogP contribution in [-0.4, -0.2) is 74.9 Å². The van der Waals surface area contributed by atoms with Crippen LogP contribution in [0.3, 0.4) is 0 Å². The van der Waals surface area contributed by atoms with E-state index in [1.54, 1.807) is 0 Å². The van der Waals surface area contributed by atoms with Gasteiger partial charge in [-0.1, -0.05) is 209 Å². The zero-order chi connectivity index (χ0) is 49.2. The summed E-state index contributed by atoms with van der Waals surface area (Å²) in [5.74, 6) is -0.812. The fourth-order valence-electron chi connectivity index (χ4n) is 7.45. The van der Waals surface area contributed by atoms with Crippen LogP contribution < -0.4 is 0 Å². The first kappa shape index (κ1) is 64.7. The highest BCUT2D eigenvalue weighted by Crippen LogP contribution is 2.43. The lowest BCUT2D eigenvalue weighted by molar-refractivity contribution is -0.870. The third-order valence-electron chi connectivity index (χ3n) is 11.8. The number of esters is 2. The van der Waals surface area contributed by atoms with E-state index in [0.717, 1.165) is 83.5 Å². The van der Waals surface area contributed by atoms with E-state index in [9.17, 15) is 19.0 Å². The number of hydrogen-bond acceptors (Lipinski definition) is 7. The van der Waals surface area contributed by atoms with E-state index < -0.39 is 26.5 Å². The largest absolute Gasteiger partial charge is 0.472 e. The minimum atomic E-state index is -4.39. The van der Waals surface area contributed by atoms with Crippen molar-refractivity contribution < 1.29 is 42.1 Å². The van der Waals surface area contributed by atoms with Crippen molar-refractivity contribution in [2.75, 3.05) is 47.5 Å². The molecule has 0 aromatic carbocycles. The Bertz CT molecular complexity index is 1320. The third-order valence-corrected chi connectivity index (χ3v) is 12.8. The average molecular weight is 963 g/mol. The van der Waals surface area contributed by atoms with E-state index in [2.05, 4.69) is 74.6 Å². The topological polar surface area (TPSA) is 108 Å². The van der Waals surface area contributed by atoms with E-state index in [1.807, 2.05) is 21.1 Å². The number of quaternary nitrogens is 1. The molecule has 0 radical (unpaired) electrons. The van der Waals surface area contributed by atoms with Gasteiger partial charge in [0.15, 0.2) is 6.10 Å². The highest BCUT2D eigenvalue weighted by molar-refractivity contribution is 7.47. The van der Waals surface area contributed by atoms with Crippen molar-refractivity contribution in [3.8, 4) is 0 Å². The van der Waals surface area contributed by atoms with Crippen molar-refractivity contribution in [3.05, 3.63) is 60.8 Å². The molecule has 0 rings (SSSR count). The van der Waals surface area contributed by atoms with Crippen LogP contribution in [0.25, 0.3) is 0 Å². The Kier molecular flexibility index (Phi) is 47.1. The second kappa shape index (κ2) is 48.7. The molecule has 0 saturated heterocycles. The first-order valence-corrected chi connectivity index (χ1v) is 29.0. The summed E-state index contributed by atoms with van der Waals surface area (Å²) in [5, 5.41) is 0. The summed E-state index contributed by atoms with van der Waals surface area (Å²) in [5.41, 5.74) is 0. The summed E-state index contributed by atoms with van der Waals surface area (Å²) in [6, 6.07) is 0. The van der Waals surface area contributed by atoms with Crippen LogP contribution in [0.4, 0.5) is 0 Å². The molecule has 0 spiro atoms. The van der Waals surface area contributed by atoms with Gasteiger partial charge in [-0.3, -0.25) is 18.6 Å². The minimum Gasteiger partial charge on any atom is -0.462 e. The molecule has 0 aromatic rings. The number of allylic oxidation sites excluding steroid dienone is 10. The zero-order valence-corrected chi connectivity index (χ0v) is 45.0. The maximum absolute atomic E-state index is 12.8. The zero-order valence-electron chi connectivity index (χ0n) is 44.1. The quantitative estimate of drug-likeness (QED) is 0.0211. The average Bonchev–Trinajstić information content (AvgIpc) is 3.29. The third kappa shape index (κ3) is 52.9.